The van der Waals surface area contributed by atoms with Crippen molar-refractivity contribution in [2.45, 2.75) is 6.54 Å². The third kappa shape index (κ3) is 2.33. The van der Waals surface area contributed by atoms with E-state index in [1.807, 2.05) is 22.9 Å². The lowest BCUT2D eigenvalue weighted by Gasteiger charge is -2.04. The molecule has 0 aromatic carbocycles. The van der Waals surface area contributed by atoms with Gasteiger partial charge in [0.05, 0.1) is 18.3 Å². The van der Waals surface area contributed by atoms with Gasteiger partial charge in [-0.15, -0.1) is 0 Å². The van der Waals surface area contributed by atoms with Crippen LogP contribution in [0.1, 0.15) is 0 Å². The number of fused-ring (bicyclic) bond motifs is 1. The largest absolute Gasteiger partial charge is 0.448 e. The van der Waals surface area contributed by atoms with Gasteiger partial charge >= 0.3 is 6.09 Å². The fourth-order valence-corrected chi connectivity index (χ4v) is 1.85. The summed E-state index contributed by atoms with van der Waals surface area (Å²) in [6, 6.07) is 3.91. The first-order valence-corrected chi connectivity index (χ1v) is 5.49. The first-order chi connectivity index (χ1) is 7.66. The molecule has 0 unspecified atom stereocenters. The van der Waals surface area contributed by atoms with Gasteiger partial charge in [-0.05, 0) is 28.1 Å². The number of nitrogens with zero attached hydrogens (tertiary/aromatic N) is 2. The molecule has 5 nitrogen and oxygen atoms in total. The van der Waals surface area contributed by atoms with Crippen molar-refractivity contribution in [3.63, 3.8) is 0 Å². The summed E-state index contributed by atoms with van der Waals surface area (Å²) in [7, 11) is 0. The van der Waals surface area contributed by atoms with Gasteiger partial charge in [-0.25, -0.2) is 9.78 Å². The molecule has 0 spiro atoms. The van der Waals surface area contributed by atoms with Crippen LogP contribution in [-0.4, -0.2) is 22.3 Å². The first kappa shape index (κ1) is 10.9. The Kier molecular flexibility index (Phi) is 3.09. The number of nitrogens with two attached hydrogens (primary N) is 1. The van der Waals surface area contributed by atoms with Crippen LogP contribution in [-0.2, 0) is 11.3 Å². The Labute approximate surface area is 100 Å². The van der Waals surface area contributed by atoms with E-state index in [9.17, 15) is 4.79 Å². The number of pyridine rings is 1. The number of halogens is 1. The molecule has 2 aromatic rings. The van der Waals surface area contributed by atoms with E-state index in [0.717, 1.165) is 15.5 Å². The second-order valence-electron chi connectivity index (χ2n) is 3.24. The average molecular weight is 284 g/mol. The van der Waals surface area contributed by atoms with Crippen LogP contribution in [0, 0.1) is 0 Å². The number of aromatic nitrogens is 2. The highest BCUT2D eigenvalue weighted by atomic mass is 79.9. The van der Waals surface area contributed by atoms with Crippen molar-refractivity contribution in [1.82, 2.24) is 9.55 Å². The molecule has 0 fully saturated rings. The summed E-state index contributed by atoms with van der Waals surface area (Å²) in [5, 5.41) is 1.08. The predicted molar refractivity (Wildman–Crippen MR) is 63.0 cm³/mol. The molecule has 2 aromatic heterocycles. The summed E-state index contributed by atoms with van der Waals surface area (Å²) >= 11 is 3.31. The molecular weight excluding hydrogens is 274 g/mol. The Morgan fingerprint density at radius 1 is 1.62 bits per heavy atom. The Hall–Kier alpha value is -1.56. The van der Waals surface area contributed by atoms with E-state index in [1.54, 1.807) is 6.20 Å². The predicted octanol–water partition coefficient (Wildman–Crippen LogP) is 1.89. The second-order valence-corrected chi connectivity index (χ2v) is 4.05. The summed E-state index contributed by atoms with van der Waals surface area (Å²) in [6.45, 7) is 0.824. The minimum atomic E-state index is -0.752. The van der Waals surface area contributed by atoms with Crippen LogP contribution in [0.2, 0.25) is 0 Å². The van der Waals surface area contributed by atoms with Gasteiger partial charge in [-0.3, -0.25) is 0 Å². The van der Waals surface area contributed by atoms with E-state index in [0.29, 0.717) is 6.54 Å². The number of carbonyl (C=O) groups is 1. The zero-order chi connectivity index (χ0) is 11.5. The zero-order valence-electron chi connectivity index (χ0n) is 8.39. The van der Waals surface area contributed by atoms with Crippen LogP contribution in [0.5, 0.6) is 0 Å². The van der Waals surface area contributed by atoms with Gasteiger partial charge in [0, 0.05) is 11.6 Å². The van der Waals surface area contributed by atoms with Crippen molar-refractivity contribution in [2.24, 2.45) is 5.73 Å². The quantitative estimate of drug-likeness (QED) is 0.875. The van der Waals surface area contributed by atoms with Gasteiger partial charge in [0.1, 0.15) is 11.2 Å². The van der Waals surface area contributed by atoms with Crippen LogP contribution in [0.4, 0.5) is 4.79 Å². The zero-order valence-corrected chi connectivity index (χ0v) is 9.98. The van der Waals surface area contributed by atoms with Gasteiger partial charge in [0.25, 0.3) is 0 Å². The summed E-state index contributed by atoms with van der Waals surface area (Å²) in [6.07, 6.45) is 2.93. The Balaban J connectivity index is 2.15. The van der Waals surface area contributed by atoms with Crippen molar-refractivity contribution in [3.8, 4) is 0 Å². The summed E-state index contributed by atoms with van der Waals surface area (Å²) in [5.74, 6) is 0. The Morgan fingerprint density at radius 2 is 2.44 bits per heavy atom. The number of hydrogen-bond donors (Lipinski definition) is 1. The summed E-state index contributed by atoms with van der Waals surface area (Å²) < 4.78 is 7.43. The van der Waals surface area contributed by atoms with Crippen LogP contribution < -0.4 is 5.73 Å². The maximum Gasteiger partial charge on any atom is 0.404 e. The molecule has 84 valence electrons. The number of ether oxygens (including phenoxy) is 1. The average Bonchev–Trinajstić information content (AvgIpc) is 2.60. The standard InChI is InChI=1S/C10H10BrN3O2/c11-9-5-7-1-2-14(8(7)6-13-9)3-4-16-10(12)15/h1-2,5-6H,3-4H2,(H2,12,15). The highest BCUT2D eigenvalue weighted by molar-refractivity contribution is 9.10. The van der Waals surface area contributed by atoms with Gasteiger partial charge < -0.3 is 15.0 Å². The van der Waals surface area contributed by atoms with Gasteiger partial charge in [0.15, 0.2) is 0 Å². The second kappa shape index (κ2) is 4.52. The molecule has 6 heteroatoms. The molecule has 0 aliphatic carbocycles. The molecule has 0 aliphatic rings. The molecule has 0 atom stereocenters. The molecule has 0 saturated heterocycles. The van der Waals surface area contributed by atoms with Crippen molar-refractivity contribution < 1.29 is 9.53 Å². The maximum absolute atomic E-state index is 10.4. The molecule has 16 heavy (non-hydrogen) atoms. The SMILES string of the molecule is NC(=O)OCCn1ccc2cc(Br)ncc21. The van der Waals surface area contributed by atoms with E-state index in [4.69, 9.17) is 5.73 Å². The lowest BCUT2D eigenvalue weighted by Crippen LogP contribution is -2.16. The van der Waals surface area contributed by atoms with Crippen LogP contribution in [0.25, 0.3) is 10.9 Å². The van der Waals surface area contributed by atoms with Gasteiger partial charge in [-0.1, -0.05) is 0 Å². The number of primary amides is 1. The van der Waals surface area contributed by atoms with E-state index in [-0.39, 0.29) is 6.61 Å². The van der Waals surface area contributed by atoms with Crippen molar-refractivity contribution in [3.05, 3.63) is 29.1 Å². The Bertz CT molecular complexity index is 524. The van der Waals surface area contributed by atoms with E-state index >= 15 is 0 Å². The Morgan fingerprint density at radius 3 is 3.19 bits per heavy atom. The van der Waals surface area contributed by atoms with Crippen molar-refractivity contribution in [2.75, 3.05) is 6.61 Å². The molecule has 0 aliphatic heterocycles. The van der Waals surface area contributed by atoms with Crippen molar-refractivity contribution in [1.29, 1.82) is 0 Å². The molecule has 0 bridgehead atoms. The molecule has 0 radical (unpaired) electrons. The fourth-order valence-electron chi connectivity index (χ4n) is 1.50. The monoisotopic (exact) mass is 283 g/mol. The van der Waals surface area contributed by atoms with Crippen LogP contribution in [0.15, 0.2) is 29.1 Å². The number of carbonyl (C=O) groups excluding carboxylic acids is 1. The van der Waals surface area contributed by atoms with Crippen LogP contribution in [0.3, 0.4) is 0 Å². The summed E-state index contributed by atoms with van der Waals surface area (Å²) in [4.78, 5) is 14.6. The number of rotatable bonds is 3. The molecule has 1 amide bonds. The summed E-state index contributed by atoms with van der Waals surface area (Å²) in [5.41, 5.74) is 5.87. The third-order valence-corrected chi connectivity index (χ3v) is 2.63. The van der Waals surface area contributed by atoms with Gasteiger partial charge in [0.2, 0.25) is 0 Å². The van der Waals surface area contributed by atoms with E-state index in [1.165, 1.54) is 0 Å². The molecular formula is C10H10BrN3O2. The van der Waals surface area contributed by atoms with E-state index < -0.39 is 6.09 Å². The van der Waals surface area contributed by atoms with E-state index in [2.05, 4.69) is 25.7 Å². The van der Waals surface area contributed by atoms with Crippen molar-refractivity contribution >= 4 is 32.9 Å². The molecule has 2 rings (SSSR count). The molecule has 0 saturated carbocycles. The molecule has 2 heterocycles. The van der Waals surface area contributed by atoms with Crippen LogP contribution >= 0.6 is 15.9 Å². The first-order valence-electron chi connectivity index (χ1n) is 4.69. The number of hydrogen-bond acceptors (Lipinski definition) is 3. The highest BCUT2D eigenvalue weighted by Crippen LogP contribution is 2.18. The normalized spacial score (nSPS) is 10.6. The molecule has 2 N–H and O–H groups in total. The maximum atomic E-state index is 10.4. The fraction of sp³-hybridized carbons (Fsp3) is 0.200. The minimum Gasteiger partial charge on any atom is -0.448 e. The lowest BCUT2D eigenvalue weighted by molar-refractivity contribution is 0.153. The highest BCUT2D eigenvalue weighted by Gasteiger charge is 2.02. The minimum absolute atomic E-state index is 0.259. The lowest BCUT2D eigenvalue weighted by atomic mass is 10.3. The number of amides is 1. The smallest absolute Gasteiger partial charge is 0.404 e. The topological polar surface area (TPSA) is 70.1 Å². The third-order valence-electron chi connectivity index (χ3n) is 2.20. The van der Waals surface area contributed by atoms with Gasteiger partial charge in [-0.2, -0.15) is 0 Å².